The Morgan fingerprint density at radius 2 is 1.51 bits per heavy atom. The summed E-state index contributed by atoms with van der Waals surface area (Å²) in [5, 5.41) is 11.9. The van der Waals surface area contributed by atoms with Crippen molar-refractivity contribution in [1.82, 2.24) is 15.3 Å². The number of halogens is 1. The van der Waals surface area contributed by atoms with E-state index in [0.29, 0.717) is 52.4 Å². The van der Waals surface area contributed by atoms with Gasteiger partial charge in [0.15, 0.2) is 11.6 Å². The van der Waals surface area contributed by atoms with Gasteiger partial charge in [-0.05, 0) is 86.3 Å². The maximum atomic E-state index is 12.8. The lowest BCUT2D eigenvalue weighted by Crippen LogP contribution is -2.24. The average molecular weight is 651 g/mol. The number of Topliss-reactive ketones (excluding diaryl/α,β-unsaturated/α-hetero) is 2. The van der Waals surface area contributed by atoms with Crippen LogP contribution in [0.2, 0.25) is 5.15 Å². The Morgan fingerprint density at radius 3 is 2.23 bits per heavy atom. The van der Waals surface area contributed by atoms with Gasteiger partial charge in [0, 0.05) is 70.7 Å². The normalized spacial score (nSPS) is 10.4. The molecule has 0 saturated heterocycles. The van der Waals surface area contributed by atoms with E-state index in [1.165, 1.54) is 25.4 Å². The number of pyridine rings is 2. The molecule has 2 aromatic carbocycles. The summed E-state index contributed by atoms with van der Waals surface area (Å²) in [5.74, 6) is 5.37. The molecule has 3 amide bonds. The summed E-state index contributed by atoms with van der Waals surface area (Å²) in [4.78, 5) is 57.8. The second kappa shape index (κ2) is 16.7. The summed E-state index contributed by atoms with van der Waals surface area (Å²) in [6.45, 7) is 6.22. The summed E-state index contributed by atoms with van der Waals surface area (Å²) < 4.78 is 0. The minimum absolute atomic E-state index is 0.0644. The van der Waals surface area contributed by atoms with E-state index in [1.54, 1.807) is 60.7 Å². The van der Waals surface area contributed by atoms with Gasteiger partial charge in [0.2, 0.25) is 0 Å². The number of carbonyl (C=O) groups excluding carboxylic acids is 4. The Labute approximate surface area is 278 Å². The molecule has 4 aromatic rings. The molecule has 0 atom stereocenters. The van der Waals surface area contributed by atoms with Crippen molar-refractivity contribution in [2.24, 2.45) is 5.92 Å². The maximum Gasteiger partial charge on any atom is 0.323 e. The molecule has 4 N–H and O–H groups in total. The van der Waals surface area contributed by atoms with Crippen molar-refractivity contribution in [3.8, 4) is 11.8 Å². The van der Waals surface area contributed by atoms with Crippen molar-refractivity contribution in [3.63, 3.8) is 0 Å². The van der Waals surface area contributed by atoms with Crippen LogP contribution in [0.25, 0.3) is 0 Å². The summed E-state index contributed by atoms with van der Waals surface area (Å²) in [6.07, 6.45) is 4.56. The minimum Gasteiger partial charge on any atom is -0.385 e. The standard InChI is InChI=1S/C36H35ClN6O4/c1-23(2)34(45)32-21-28(11-12-31(32)24(3)44)38-15-4-5-16-41-35(46)26-8-6-7-25(19-26)9-10-27-20-29(13-17-39-27)42-36(47)43-30-14-18-40-33(37)22-30/h6-8,11-14,17-23,38H,4-5,15-16H2,1-3H3,(H,41,46)(H2,39,40,42,43,47). The number of nitrogens with one attached hydrogen (secondary N) is 4. The fraction of sp³-hybridized carbons (Fsp3) is 0.222. The zero-order valence-electron chi connectivity index (χ0n) is 26.3. The van der Waals surface area contributed by atoms with E-state index in [0.717, 1.165) is 18.5 Å². The number of anilines is 3. The van der Waals surface area contributed by atoms with Crippen LogP contribution in [0, 0.1) is 17.8 Å². The Hall–Kier alpha value is -5.53. The predicted octanol–water partition coefficient (Wildman–Crippen LogP) is 6.84. The van der Waals surface area contributed by atoms with E-state index in [-0.39, 0.29) is 28.5 Å². The molecular formula is C36H35ClN6O4. The number of aromatic nitrogens is 2. The number of benzene rings is 2. The van der Waals surface area contributed by atoms with Crippen LogP contribution >= 0.6 is 11.6 Å². The Bertz CT molecular complexity index is 1850. The molecule has 0 fully saturated rings. The molecule has 11 heteroatoms. The van der Waals surface area contributed by atoms with Crippen LogP contribution in [0.1, 0.15) is 75.9 Å². The van der Waals surface area contributed by atoms with E-state index in [1.807, 2.05) is 13.8 Å². The molecule has 47 heavy (non-hydrogen) atoms. The van der Waals surface area contributed by atoms with Crippen molar-refractivity contribution in [1.29, 1.82) is 0 Å². The van der Waals surface area contributed by atoms with Crippen LogP contribution in [0.4, 0.5) is 21.9 Å². The van der Waals surface area contributed by atoms with Crippen molar-refractivity contribution >= 4 is 52.2 Å². The fourth-order valence-corrected chi connectivity index (χ4v) is 4.66. The molecule has 0 saturated carbocycles. The SMILES string of the molecule is CC(=O)c1ccc(NCCCCNC(=O)c2cccc(C#Cc3cc(NC(=O)Nc4ccnc(Cl)c4)ccn3)c2)cc1C(=O)C(C)C. The molecular weight excluding hydrogens is 616 g/mol. The lowest BCUT2D eigenvalue weighted by atomic mass is 9.94. The third-order valence-corrected chi connectivity index (χ3v) is 7.08. The first-order valence-corrected chi connectivity index (χ1v) is 15.5. The van der Waals surface area contributed by atoms with E-state index < -0.39 is 6.03 Å². The van der Waals surface area contributed by atoms with Crippen LogP contribution in [-0.4, -0.2) is 46.6 Å². The molecule has 0 spiro atoms. The number of unbranched alkanes of at least 4 members (excludes halogenated alkanes) is 1. The number of ketones is 2. The number of carbonyl (C=O) groups is 4. The third kappa shape index (κ3) is 10.5. The van der Waals surface area contributed by atoms with Crippen molar-refractivity contribution < 1.29 is 19.2 Å². The van der Waals surface area contributed by atoms with Gasteiger partial charge in [-0.2, -0.15) is 0 Å². The largest absolute Gasteiger partial charge is 0.385 e. The van der Waals surface area contributed by atoms with E-state index in [9.17, 15) is 19.2 Å². The van der Waals surface area contributed by atoms with Gasteiger partial charge >= 0.3 is 6.03 Å². The zero-order valence-corrected chi connectivity index (χ0v) is 27.1. The van der Waals surface area contributed by atoms with Crippen LogP contribution in [0.3, 0.4) is 0 Å². The molecule has 10 nitrogen and oxygen atoms in total. The topological polar surface area (TPSA) is 142 Å². The molecule has 0 aliphatic carbocycles. The average Bonchev–Trinajstić information content (AvgIpc) is 3.05. The molecule has 0 radical (unpaired) electrons. The Kier molecular flexibility index (Phi) is 12.2. The van der Waals surface area contributed by atoms with Crippen molar-refractivity contribution in [3.05, 3.63) is 112 Å². The maximum absolute atomic E-state index is 12.8. The van der Waals surface area contributed by atoms with Gasteiger partial charge in [0.25, 0.3) is 5.91 Å². The molecule has 0 aliphatic heterocycles. The highest BCUT2D eigenvalue weighted by molar-refractivity contribution is 6.29. The molecule has 240 valence electrons. The van der Waals surface area contributed by atoms with Gasteiger partial charge in [-0.1, -0.05) is 37.4 Å². The van der Waals surface area contributed by atoms with Gasteiger partial charge < -0.3 is 21.3 Å². The third-order valence-electron chi connectivity index (χ3n) is 6.87. The minimum atomic E-state index is -0.457. The van der Waals surface area contributed by atoms with E-state index in [2.05, 4.69) is 43.1 Å². The van der Waals surface area contributed by atoms with Gasteiger partial charge in [0.1, 0.15) is 10.8 Å². The Balaban J connectivity index is 1.24. The molecule has 2 aromatic heterocycles. The first-order chi connectivity index (χ1) is 22.6. The van der Waals surface area contributed by atoms with Crippen LogP contribution in [0.15, 0.2) is 79.1 Å². The highest BCUT2D eigenvalue weighted by Crippen LogP contribution is 2.20. The Morgan fingerprint density at radius 1 is 0.787 bits per heavy atom. The van der Waals surface area contributed by atoms with E-state index >= 15 is 0 Å². The highest BCUT2D eigenvalue weighted by atomic mass is 35.5. The number of hydrogen-bond donors (Lipinski definition) is 4. The first kappa shape index (κ1) is 34.3. The first-order valence-electron chi connectivity index (χ1n) is 15.1. The fourth-order valence-electron chi connectivity index (χ4n) is 4.49. The predicted molar refractivity (Wildman–Crippen MR) is 184 cm³/mol. The highest BCUT2D eigenvalue weighted by Gasteiger charge is 2.18. The molecule has 0 aliphatic rings. The number of urea groups is 1. The van der Waals surface area contributed by atoms with Gasteiger partial charge in [-0.25, -0.2) is 14.8 Å². The van der Waals surface area contributed by atoms with Crippen LogP contribution in [-0.2, 0) is 0 Å². The number of nitrogens with zero attached hydrogens (tertiary/aromatic N) is 2. The summed E-state index contributed by atoms with van der Waals surface area (Å²) >= 11 is 5.86. The van der Waals surface area contributed by atoms with Crippen molar-refractivity contribution in [2.45, 2.75) is 33.6 Å². The van der Waals surface area contributed by atoms with Crippen LogP contribution in [0.5, 0.6) is 0 Å². The molecule has 0 unspecified atom stereocenters. The molecule has 2 heterocycles. The molecule has 4 rings (SSSR count). The smallest absolute Gasteiger partial charge is 0.323 e. The number of amides is 3. The van der Waals surface area contributed by atoms with Crippen LogP contribution < -0.4 is 21.3 Å². The quantitative estimate of drug-likeness (QED) is 0.0569. The van der Waals surface area contributed by atoms with E-state index in [4.69, 9.17) is 11.6 Å². The van der Waals surface area contributed by atoms with Gasteiger partial charge in [0.05, 0.1) is 0 Å². The summed E-state index contributed by atoms with van der Waals surface area (Å²) in [5.41, 5.74) is 4.21. The lowest BCUT2D eigenvalue weighted by molar-refractivity contribution is 0.0926. The van der Waals surface area contributed by atoms with Gasteiger partial charge in [-0.3, -0.25) is 14.4 Å². The summed E-state index contributed by atoms with van der Waals surface area (Å²) in [6, 6.07) is 18.2. The number of hydrogen-bond acceptors (Lipinski definition) is 7. The second-order valence-electron chi connectivity index (χ2n) is 10.9. The second-order valence-corrected chi connectivity index (χ2v) is 11.3. The van der Waals surface area contributed by atoms with Crippen molar-refractivity contribution in [2.75, 3.05) is 29.0 Å². The summed E-state index contributed by atoms with van der Waals surface area (Å²) in [7, 11) is 0. The molecule has 0 bridgehead atoms. The number of rotatable bonds is 12. The lowest BCUT2D eigenvalue weighted by Gasteiger charge is -2.13. The monoisotopic (exact) mass is 650 g/mol. The zero-order chi connectivity index (χ0) is 33.8. The van der Waals surface area contributed by atoms with Gasteiger partial charge in [-0.15, -0.1) is 0 Å².